The first kappa shape index (κ1) is 9.53. The van der Waals surface area contributed by atoms with Crippen LogP contribution in [0.3, 0.4) is 0 Å². The van der Waals surface area contributed by atoms with Crippen molar-refractivity contribution in [2.45, 2.75) is 31.8 Å². The molecule has 0 heterocycles. The Kier molecular flexibility index (Phi) is 2.46. The molecule has 0 aliphatic heterocycles. The van der Waals surface area contributed by atoms with Crippen molar-refractivity contribution < 1.29 is 9.84 Å². The van der Waals surface area contributed by atoms with Gasteiger partial charge in [-0.25, -0.2) is 0 Å². The van der Waals surface area contributed by atoms with Crippen molar-refractivity contribution in [2.24, 2.45) is 0 Å². The molecule has 1 saturated carbocycles. The van der Waals surface area contributed by atoms with Gasteiger partial charge in [-0.3, -0.25) is 0 Å². The fourth-order valence-electron chi connectivity index (χ4n) is 1.72. The van der Waals surface area contributed by atoms with Crippen molar-refractivity contribution in [1.82, 2.24) is 0 Å². The molecular weight excluding hydrogens is 176 g/mol. The number of hydrogen-bond acceptors (Lipinski definition) is 2. The summed E-state index contributed by atoms with van der Waals surface area (Å²) in [6.45, 7) is 1.77. The summed E-state index contributed by atoms with van der Waals surface area (Å²) in [6, 6.07) is 6.01. The SMILES string of the molecule is COc1cc(C(C)O)ccc1C1CC1. The Morgan fingerprint density at radius 1 is 1.43 bits per heavy atom. The molecule has 76 valence electrons. The van der Waals surface area contributed by atoms with E-state index in [2.05, 4.69) is 6.07 Å². The van der Waals surface area contributed by atoms with E-state index < -0.39 is 6.10 Å². The fraction of sp³-hybridized carbons (Fsp3) is 0.500. The molecule has 1 aromatic carbocycles. The number of methoxy groups -OCH3 is 1. The minimum atomic E-state index is -0.419. The zero-order chi connectivity index (χ0) is 10.1. The highest BCUT2D eigenvalue weighted by Gasteiger charge is 2.26. The highest BCUT2D eigenvalue weighted by molar-refractivity contribution is 5.42. The molecule has 1 unspecified atom stereocenters. The van der Waals surface area contributed by atoms with Gasteiger partial charge >= 0.3 is 0 Å². The summed E-state index contributed by atoms with van der Waals surface area (Å²) in [6.07, 6.45) is 2.12. The Morgan fingerprint density at radius 2 is 2.14 bits per heavy atom. The van der Waals surface area contributed by atoms with Gasteiger partial charge < -0.3 is 9.84 Å². The van der Waals surface area contributed by atoms with Crippen LogP contribution >= 0.6 is 0 Å². The van der Waals surface area contributed by atoms with Gasteiger partial charge in [0, 0.05) is 0 Å². The van der Waals surface area contributed by atoms with Gasteiger partial charge in [0.05, 0.1) is 13.2 Å². The second-order valence-electron chi connectivity index (χ2n) is 3.95. The second-order valence-corrected chi connectivity index (χ2v) is 3.95. The fourth-order valence-corrected chi connectivity index (χ4v) is 1.72. The molecule has 2 nitrogen and oxygen atoms in total. The van der Waals surface area contributed by atoms with Gasteiger partial charge in [0.1, 0.15) is 5.75 Å². The summed E-state index contributed by atoms with van der Waals surface area (Å²) < 4.78 is 5.33. The maximum Gasteiger partial charge on any atom is 0.122 e. The van der Waals surface area contributed by atoms with Crippen molar-refractivity contribution in [1.29, 1.82) is 0 Å². The van der Waals surface area contributed by atoms with Crippen molar-refractivity contribution in [2.75, 3.05) is 7.11 Å². The average molecular weight is 192 g/mol. The van der Waals surface area contributed by atoms with Crippen molar-refractivity contribution in [3.8, 4) is 5.75 Å². The van der Waals surface area contributed by atoms with E-state index in [1.165, 1.54) is 18.4 Å². The Labute approximate surface area is 84.5 Å². The molecule has 1 aliphatic carbocycles. The van der Waals surface area contributed by atoms with E-state index in [0.29, 0.717) is 5.92 Å². The summed E-state index contributed by atoms with van der Waals surface area (Å²) in [5, 5.41) is 9.43. The molecule has 1 aliphatic rings. The van der Waals surface area contributed by atoms with Crippen LogP contribution in [0.1, 0.15) is 42.9 Å². The highest BCUT2D eigenvalue weighted by atomic mass is 16.5. The topological polar surface area (TPSA) is 29.5 Å². The van der Waals surface area contributed by atoms with E-state index in [9.17, 15) is 5.11 Å². The largest absolute Gasteiger partial charge is 0.496 e. The van der Waals surface area contributed by atoms with Crippen LogP contribution in [0.5, 0.6) is 5.75 Å². The molecule has 2 rings (SSSR count). The maximum atomic E-state index is 9.43. The quantitative estimate of drug-likeness (QED) is 0.797. The molecule has 0 amide bonds. The molecule has 1 N–H and O–H groups in total. The molecule has 0 bridgehead atoms. The van der Waals surface area contributed by atoms with Crippen LogP contribution in [0, 0.1) is 0 Å². The Hall–Kier alpha value is -1.02. The van der Waals surface area contributed by atoms with Crippen molar-refractivity contribution >= 4 is 0 Å². The van der Waals surface area contributed by atoms with Crippen LogP contribution in [-0.2, 0) is 0 Å². The predicted octanol–water partition coefficient (Wildman–Crippen LogP) is 2.63. The van der Waals surface area contributed by atoms with Gasteiger partial charge in [0.2, 0.25) is 0 Å². The molecule has 1 aromatic rings. The molecule has 0 spiro atoms. The Morgan fingerprint density at radius 3 is 2.64 bits per heavy atom. The number of aliphatic hydroxyl groups excluding tert-OH is 1. The van der Waals surface area contributed by atoms with E-state index in [-0.39, 0.29) is 0 Å². The molecule has 14 heavy (non-hydrogen) atoms. The van der Waals surface area contributed by atoms with E-state index >= 15 is 0 Å². The molecule has 0 radical (unpaired) electrons. The maximum absolute atomic E-state index is 9.43. The summed E-state index contributed by atoms with van der Waals surface area (Å²) in [5.41, 5.74) is 2.21. The number of benzene rings is 1. The highest BCUT2D eigenvalue weighted by Crippen LogP contribution is 2.44. The number of aliphatic hydroxyl groups is 1. The van der Waals surface area contributed by atoms with Crippen LogP contribution in [0.25, 0.3) is 0 Å². The molecule has 2 heteroatoms. The van der Waals surface area contributed by atoms with Gasteiger partial charge in [-0.05, 0) is 42.9 Å². The van der Waals surface area contributed by atoms with Gasteiger partial charge in [-0.2, -0.15) is 0 Å². The number of rotatable bonds is 3. The summed E-state index contributed by atoms with van der Waals surface area (Å²) in [7, 11) is 1.69. The normalized spacial score (nSPS) is 17.9. The zero-order valence-electron chi connectivity index (χ0n) is 8.66. The smallest absolute Gasteiger partial charge is 0.122 e. The molecule has 1 fully saturated rings. The lowest BCUT2D eigenvalue weighted by Crippen LogP contribution is -1.95. The predicted molar refractivity (Wildman–Crippen MR) is 55.6 cm³/mol. The van der Waals surface area contributed by atoms with Gasteiger partial charge in [-0.15, -0.1) is 0 Å². The average Bonchev–Trinajstić information content (AvgIpc) is 3.00. The first-order valence-corrected chi connectivity index (χ1v) is 5.08. The Bertz CT molecular complexity index is 327. The standard InChI is InChI=1S/C12H16O2/c1-8(13)10-5-6-11(9-3-4-9)12(7-10)14-2/h5-9,13H,3-4H2,1-2H3. The summed E-state index contributed by atoms with van der Waals surface area (Å²) >= 11 is 0. The lowest BCUT2D eigenvalue weighted by molar-refractivity contribution is 0.199. The van der Waals surface area contributed by atoms with Crippen molar-refractivity contribution in [3.63, 3.8) is 0 Å². The van der Waals surface area contributed by atoms with Crippen LogP contribution in [0.2, 0.25) is 0 Å². The third-order valence-corrected chi connectivity index (χ3v) is 2.76. The molecule has 0 aromatic heterocycles. The zero-order valence-corrected chi connectivity index (χ0v) is 8.66. The van der Waals surface area contributed by atoms with Crippen LogP contribution in [-0.4, -0.2) is 12.2 Å². The van der Waals surface area contributed by atoms with Gasteiger partial charge in [0.25, 0.3) is 0 Å². The minimum Gasteiger partial charge on any atom is -0.496 e. The van der Waals surface area contributed by atoms with Crippen LogP contribution < -0.4 is 4.74 Å². The van der Waals surface area contributed by atoms with E-state index in [1.807, 2.05) is 12.1 Å². The monoisotopic (exact) mass is 192 g/mol. The lowest BCUT2D eigenvalue weighted by Gasteiger charge is -2.11. The minimum absolute atomic E-state index is 0.419. The molecule has 0 saturated heterocycles. The second kappa shape index (κ2) is 3.62. The van der Waals surface area contributed by atoms with Gasteiger partial charge in [0.15, 0.2) is 0 Å². The lowest BCUT2D eigenvalue weighted by atomic mass is 10.0. The van der Waals surface area contributed by atoms with Gasteiger partial charge in [-0.1, -0.05) is 12.1 Å². The van der Waals surface area contributed by atoms with E-state index in [4.69, 9.17) is 4.74 Å². The Balaban J connectivity index is 2.34. The number of ether oxygens (including phenoxy) is 1. The van der Waals surface area contributed by atoms with E-state index in [1.54, 1.807) is 14.0 Å². The van der Waals surface area contributed by atoms with E-state index in [0.717, 1.165) is 11.3 Å². The summed E-state index contributed by atoms with van der Waals surface area (Å²) in [4.78, 5) is 0. The third-order valence-electron chi connectivity index (χ3n) is 2.76. The summed E-state index contributed by atoms with van der Waals surface area (Å²) in [5.74, 6) is 1.61. The first-order valence-electron chi connectivity index (χ1n) is 5.08. The third kappa shape index (κ3) is 1.75. The van der Waals surface area contributed by atoms with Crippen LogP contribution in [0.4, 0.5) is 0 Å². The van der Waals surface area contributed by atoms with Crippen LogP contribution in [0.15, 0.2) is 18.2 Å². The molecule has 1 atom stereocenters. The first-order chi connectivity index (χ1) is 6.72. The molecular formula is C12H16O2. The van der Waals surface area contributed by atoms with Crippen molar-refractivity contribution in [3.05, 3.63) is 29.3 Å². The number of hydrogen-bond donors (Lipinski definition) is 1.